The minimum absolute atomic E-state index is 0.145. The molecular weight excluding hydrogens is 380 g/mol. The number of ether oxygens (including phenoxy) is 1. The molecule has 2 aromatic carbocycles. The third-order valence-corrected chi connectivity index (χ3v) is 5.88. The highest BCUT2D eigenvalue weighted by atomic mass is 35.5. The maximum atomic E-state index is 12.4. The summed E-state index contributed by atoms with van der Waals surface area (Å²) in [7, 11) is 0. The number of nitrogens with zero attached hydrogens (tertiary/aromatic N) is 1. The first-order chi connectivity index (χ1) is 13.2. The van der Waals surface area contributed by atoms with E-state index in [9.17, 15) is 4.79 Å². The summed E-state index contributed by atoms with van der Waals surface area (Å²) in [4.78, 5) is 17.3. The summed E-state index contributed by atoms with van der Waals surface area (Å²) >= 11 is 7.76. The lowest BCUT2D eigenvalue weighted by Crippen LogP contribution is -2.25. The van der Waals surface area contributed by atoms with Crippen LogP contribution in [0.3, 0.4) is 0 Å². The van der Waals surface area contributed by atoms with Crippen LogP contribution in [0.1, 0.15) is 16.1 Å². The minimum Gasteiger partial charge on any atom is -0.491 e. The number of benzene rings is 2. The van der Waals surface area contributed by atoms with Gasteiger partial charge in [0.2, 0.25) is 0 Å². The number of nitrogens with one attached hydrogen (secondary N) is 1. The van der Waals surface area contributed by atoms with Crippen LogP contribution in [0.15, 0.2) is 60.8 Å². The van der Waals surface area contributed by atoms with Gasteiger partial charge in [-0.1, -0.05) is 48.0 Å². The molecule has 0 saturated carbocycles. The van der Waals surface area contributed by atoms with Crippen molar-refractivity contribution in [2.75, 3.05) is 13.2 Å². The first-order valence-corrected chi connectivity index (χ1v) is 9.85. The number of carbonyl (C=O) groups excluding carboxylic acids is 1. The molecule has 2 heterocycles. The number of halogens is 1. The molecule has 1 amide bonds. The first-order valence-electron chi connectivity index (χ1n) is 8.66. The number of hydrogen-bond donors (Lipinski definition) is 1. The number of hydrogen-bond acceptors (Lipinski definition) is 4. The van der Waals surface area contributed by atoms with Gasteiger partial charge in [0.15, 0.2) is 0 Å². The Balaban J connectivity index is 1.32. The fraction of sp³-hybridized carbons (Fsp3) is 0.143. The van der Waals surface area contributed by atoms with Crippen LogP contribution in [0.5, 0.6) is 5.75 Å². The van der Waals surface area contributed by atoms with E-state index in [1.807, 2.05) is 54.6 Å². The normalized spacial score (nSPS) is 11.0. The highest BCUT2D eigenvalue weighted by Gasteiger charge is 2.16. The predicted octanol–water partition coefficient (Wildman–Crippen LogP) is 5.30. The van der Waals surface area contributed by atoms with Crippen LogP contribution in [0.2, 0.25) is 5.02 Å². The van der Waals surface area contributed by atoms with Crippen LogP contribution in [-0.2, 0) is 0 Å². The lowest BCUT2D eigenvalue weighted by atomic mass is 10.2. The van der Waals surface area contributed by atoms with Crippen molar-refractivity contribution in [3.05, 3.63) is 70.7 Å². The molecule has 0 aliphatic heterocycles. The molecule has 0 aliphatic carbocycles. The van der Waals surface area contributed by atoms with Crippen molar-refractivity contribution >= 4 is 49.8 Å². The molecule has 27 heavy (non-hydrogen) atoms. The highest BCUT2D eigenvalue weighted by Crippen LogP contribution is 2.34. The highest BCUT2D eigenvalue weighted by molar-refractivity contribution is 7.21. The molecule has 0 bridgehead atoms. The molecule has 4 rings (SSSR count). The zero-order valence-corrected chi connectivity index (χ0v) is 16.0. The molecule has 0 saturated heterocycles. The molecule has 4 aromatic rings. The van der Waals surface area contributed by atoms with Crippen LogP contribution < -0.4 is 10.1 Å². The van der Waals surface area contributed by atoms with Gasteiger partial charge in [-0.25, -0.2) is 0 Å². The second kappa shape index (κ2) is 7.94. The van der Waals surface area contributed by atoms with E-state index in [4.69, 9.17) is 16.3 Å². The first kappa shape index (κ1) is 17.8. The molecule has 0 fully saturated rings. The Labute approximate surface area is 165 Å². The monoisotopic (exact) mass is 396 g/mol. The minimum atomic E-state index is -0.145. The summed E-state index contributed by atoms with van der Waals surface area (Å²) < 4.78 is 6.85. The number of aromatic nitrogens is 1. The van der Waals surface area contributed by atoms with Gasteiger partial charge in [-0.2, -0.15) is 0 Å². The average Bonchev–Trinajstić information content (AvgIpc) is 3.05. The maximum absolute atomic E-state index is 12.4. The standard InChI is InChI=1S/C21H17ClN2O2S/c22-18-15-8-1-2-10-17(15)27-20(18)21(25)24-12-5-13-26-16-9-3-6-14-7-4-11-23-19(14)16/h1-4,6-11H,5,12-13H2,(H,24,25). The molecule has 0 radical (unpaired) electrons. The summed E-state index contributed by atoms with van der Waals surface area (Å²) in [6.45, 7) is 1.01. The third-order valence-electron chi connectivity index (χ3n) is 4.20. The largest absolute Gasteiger partial charge is 0.491 e. The Bertz CT molecular complexity index is 1100. The Kier molecular flexibility index (Phi) is 5.23. The number of fused-ring (bicyclic) bond motifs is 2. The van der Waals surface area contributed by atoms with Crippen molar-refractivity contribution in [3.63, 3.8) is 0 Å². The van der Waals surface area contributed by atoms with E-state index >= 15 is 0 Å². The summed E-state index contributed by atoms with van der Waals surface area (Å²) in [5.74, 6) is 0.611. The lowest BCUT2D eigenvalue weighted by Gasteiger charge is -2.09. The van der Waals surface area contributed by atoms with Crippen molar-refractivity contribution in [2.24, 2.45) is 0 Å². The second-order valence-corrected chi connectivity index (χ2v) is 7.46. The molecule has 0 atom stereocenters. The molecule has 0 unspecified atom stereocenters. The van der Waals surface area contributed by atoms with Gasteiger partial charge in [0.1, 0.15) is 16.1 Å². The summed E-state index contributed by atoms with van der Waals surface area (Å²) in [5.41, 5.74) is 0.848. The van der Waals surface area contributed by atoms with E-state index in [-0.39, 0.29) is 5.91 Å². The van der Waals surface area contributed by atoms with Crippen molar-refractivity contribution in [1.29, 1.82) is 0 Å². The van der Waals surface area contributed by atoms with Gasteiger partial charge < -0.3 is 10.1 Å². The van der Waals surface area contributed by atoms with Gasteiger partial charge in [-0.3, -0.25) is 9.78 Å². The second-order valence-electron chi connectivity index (χ2n) is 6.03. The fourth-order valence-electron chi connectivity index (χ4n) is 2.89. The molecule has 136 valence electrons. The molecule has 1 N–H and O–H groups in total. The molecular formula is C21H17ClN2O2S. The van der Waals surface area contributed by atoms with Crippen LogP contribution >= 0.6 is 22.9 Å². The van der Waals surface area contributed by atoms with E-state index in [2.05, 4.69) is 10.3 Å². The number of rotatable bonds is 6. The van der Waals surface area contributed by atoms with Crippen LogP contribution in [0.4, 0.5) is 0 Å². The Morgan fingerprint density at radius 3 is 2.85 bits per heavy atom. The number of para-hydroxylation sites is 1. The van der Waals surface area contributed by atoms with Gasteiger partial charge in [0.25, 0.3) is 5.91 Å². The predicted molar refractivity (Wildman–Crippen MR) is 111 cm³/mol. The quantitative estimate of drug-likeness (QED) is 0.450. The third kappa shape index (κ3) is 3.75. The zero-order chi connectivity index (χ0) is 18.6. The van der Waals surface area contributed by atoms with Crippen molar-refractivity contribution in [2.45, 2.75) is 6.42 Å². The SMILES string of the molecule is O=C(NCCCOc1cccc2cccnc12)c1sc2ccccc2c1Cl. The van der Waals surface area contributed by atoms with Crippen molar-refractivity contribution < 1.29 is 9.53 Å². The van der Waals surface area contributed by atoms with Crippen molar-refractivity contribution in [1.82, 2.24) is 10.3 Å². The van der Waals surface area contributed by atoms with Gasteiger partial charge >= 0.3 is 0 Å². The van der Waals surface area contributed by atoms with Gasteiger partial charge in [-0.15, -0.1) is 11.3 Å². The summed E-state index contributed by atoms with van der Waals surface area (Å²) in [6.07, 6.45) is 2.45. The maximum Gasteiger partial charge on any atom is 0.262 e. The Hall–Kier alpha value is -2.63. The van der Waals surface area contributed by atoms with E-state index in [1.54, 1.807) is 6.20 Å². The van der Waals surface area contributed by atoms with Crippen LogP contribution in [0, 0.1) is 0 Å². The van der Waals surface area contributed by atoms with Crippen molar-refractivity contribution in [3.8, 4) is 5.75 Å². The number of amides is 1. The smallest absolute Gasteiger partial charge is 0.262 e. The average molecular weight is 397 g/mol. The Morgan fingerprint density at radius 1 is 1.11 bits per heavy atom. The topological polar surface area (TPSA) is 51.2 Å². The van der Waals surface area contributed by atoms with Gasteiger partial charge in [-0.05, 0) is 24.6 Å². The number of pyridine rings is 1. The van der Waals surface area contributed by atoms with E-state index in [0.717, 1.165) is 26.7 Å². The molecule has 4 nitrogen and oxygen atoms in total. The van der Waals surface area contributed by atoms with E-state index in [1.165, 1.54) is 11.3 Å². The summed E-state index contributed by atoms with van der Waals surface area (Å²) in [5, 5.41) is 5.40. The fourth-order valence-corrected chi connectivity index (χ4v) is 4.32. The van der Waals surface area contributed by atoms with E-state index < -0.39 is 0 Å². The number of thiophene rings is 1. The van der Waals surface area contributed by atoms with Crippen LogP contribution in [-0.4, -0.2) is 24.0 Å². The zero-order valence-electron chi connectivity index (χ0n) is 14.4. The lowest BCUT2D eigenvalue weighted by molar-refractivity contribution is 0.0956. The summed E-state index contributed by atoms with van der Waals surface area (Å²) in [6, 6.07) is 17.5. The number of carbonyl (C=O) groups is 1. The van der Waals surface area contributed by atoms with Gasteiger partial charge in [0.05, 0.1) is 11.6 Å². The molecule has 0 spiro atoms. The molecule has 2 aromatic heterocycles. The van der Waals surface area contributed by atoms with E-state index in [0.29, 0.717) is 29.5 Å². The molecule has 6 heteroatoms. The Morgan fingerprint density at radius 2 is 1.96 bits per heavy atom. The van der Waals surface area contributed by atoms with Gasteiger partial charge in [0, 0.05) is 28.2 Å². The molecule has 0 aliphatic rings. The van der Waals surface area contributed by atoms with Crippen LogP contribution in [0.25, 0.3) is 21.0 Å².